The summed E-state index contributed by atoms with van der Waals surface area (Å²) in [5.41, 5.74) is 0.650. The summed E-state index contributed by atoms with van der Waals surface area (Å²) in [6, 6.07) is 7.27. The van der Waals surface area contributed by atoms with Gasteiger partial charge in [0.2, 0.25) is 0 Å². The lowest BCUT2D eigenvalue weighted by molar-refractivity contribution is -0.142. The summed E-state index contributed by atoms with van der Waals surface area (Å²) in [5, 5.41) is 10.7. The molecule has 3 nitrogen and oxygen atoms in total. The number of benzene rings is 1. The molecule has 1 heterocycles. The van der Waals surface area contributed by atoms with Gasteiger partial charge in [0.25, 0.3) is 0 Å². The molecule has 0 spiro atoms. The molecule has 0 aliphatic heterocycles. The number of fused-ring (bicyclic) bond motifs is 1. The Labute approximate surface area is 98.0 Å². The van der Waals surface area contributed by atoms with Crippen molar-refractivity contribution in [3.8, 4) is 0 Å². The van der Waals surface area contributed by atoms with Gasteiger partial charge >= 0.3 is 5.97 Å². The van der Waals surface area contributed by atoms with Gasteiger partial charge in [0.1, 0.15) is 5.41 Å². The Morgan fingerprint density at radius 3 is 2.69 bits per heavy atom. The van der Waals surface area contributed by atoms with E-state index in [1.54, 1.807) is 19.9 Å². The molecule has 0 atom stereocenters. The maximum absolute atomic E-state index is 11.1. The van der Waals surface area contributed by atoms with E-state index in [1.807, 2.05) is 18.2 Å². The molecule has 1 aromatic carbocycles. The van der Waals surface area contributed by atoms with Crippen LogP contribution in [0.1, 0.15) is 19.5 Å². The Hall–Kier alpha value is -1.48. The van der Waals surface area contributed by atoms with Gasteiger partial charge in [0, 0.05) is 21.6 Å². The van der Waals surface area contributed by atoms with Crippen LogP contribution in [-0.4, -0.2) is 16.1 Å². The fraction of sp³-hybridized carbons (Fsp3) is 0.250. The second kappa shape index (κ2) is 3.52. The predicted molar refractivity (Wildman–Crippen MR) is 64.0 cm³/mol. The summed E-state index contributed by atoms with van der Waals surface area (Å²) in [6.45, 7) is 3.34. The van der Waals surface area contributed by atoms with Gasteiger partial charge in [-0.15, -0.1) is 0 Å². The van der Waals surface area contributed by atoms with Crippen molar-refractivity contribution in [3.63, 3.8) is 0 Å². The van der Waals surface area contributed by atoms with Gasteiger partial charge in [0.15, 0.2) is 0 Å². The van der Waals surface area contributed by atoms with Gasteiger partial charge in [-0.05, 0) is 38.1 Å². The highest BCUT2D eigenvalue weighted by Crippen LogP contribution is 2.28. The summed E-state index contributed by atoms with van der Waals surface area (Å²) >= 11 is 5.87. The maximum atomic E-state index is 11.1. The third-order valence-corrected chi connectivity index (χ3v) is 3.03. The van der Waals surface area contributed by atoms with E-state index in [9.17, 15) is 4.79 Å². The van der Waals surface area contributed by atoms with E-state index in [0.29, 0.717) is 10.7 Å². The highest BCUT2D eigenvalue weighted by Gasteiger charge is 2.31. The first-order valence-electron chi connectivity index (χ1n) is 4.93. The molecule has 0 unspecified atom stereocenters. The Kier molecular flexibility index (Phi) is 2.43. The Morgan fingerprint density at radius 1 is 1.38 bits per heavy atom. The molecule has 1 aromatic heterocycles. The summed E-state index contributed by atoms with van der Waals surface area (Å²) in [7, 11) is 0. The van der Waals surface area contributed by atoms with E-state index in [2.05, 4.69) is 4.98 Å². The highest BCUT2D eigenvalue weighted by atomic mass is 35.5. The number of hydrogen-bond acceptors (Lipinski definition) is 1. The molecule has 2 N–H and O–H groups in total. The van der Waals surface area contributed by atoms with Crippen molar-refractivity contribution in [3.05, 3.63) is 35.0 Å². The Balaban J connectivity index is 2.59. The maximum Gasteiger partial charge on any atom is 0.315 e. The minimum Gasteiger partial charge on any atom is -0.481 e. The van der Waals surface area contributed by atoms with E-state index in [-0.39, 0.29) is 0 Å². The van der Waals surface area contributed by atoms with Gasteiger partial charge in [0.05, 0.1) is 0 Å². The lowest BCUT2D eigenvalue weighted by Gasteiger charge is -2.16. The molecule has 84 valence electrons. The van der Waals surface area contributed by atoms with E-state index in [1.165, 1.54) is 0 Å². The monoisotopic (exact) mass is 237 g/mol. The van der Waals surface area contributed by atoms with Crippen LogP contribution >= 0.6 is 11.6 Å². The Morgan fingerprint density at radius 2 is 2.06 bits per heavy atom. The van der Waals surface area contributed by atoms with Crippen molar-refractivity contribution in [2.45, 2.75) is 19.3 Å². The first-order valence-corrected chi connectivity index (χ1v) is 5.31. The zero-order valence-electron chi connectivity index (χ0n) is 9.04. The van der Waals surface area contributed by atoms with Crippen LogP contribution in [0.25, 0.3) is 10.9 Å². The largest absolute Gasteiger partial charge is 0.481 e. The Bertz CT molecular complexity index is 557. The van der Waals surface area contributed by atoms with Gasteiger partial charge in [-0.25, -0.2) is 0 Å². The van der Waals surface area contributed by atoms with E-state index in [4.69, 9.17) is 16.7 Å². The van der Waals surface area contributed by atoms with Crippen LogP contribution in [0, 0.1) is 0 Å². The van der Waals surface area contributed by atoms with Gasteiger partial charge in [-0.2, -0.15) is 0 Å². The number of rotatable bonds is 2. The average Bonchev–Trinajstić information content (AvgIpc) is 2.60. The summed E-state index contributed by atoms with van der Waals surface area (Å²) in [4.78, 5) is 14.2. The van der Waals surface area contributed by atoms with Crippen LogP contribution in [0.15, 0.2) is 24.3 Å². The minimum absolute atomic E-state index is 0.645. The number of nitrogens with one attached hydrogen (secondary N) is 1. The number of carbonyl (C=O) groups is 1. The average molecular weight is 238 g/mol. The second-order valence-electron chi connectivity index (χ2n) is 4.34. The third kappa shape index (κ3) is 1.67. The number of aliphatic carboxylic acids is 1. The zero-order chi connectivity index (χ0) is 11.9. The number of carboxylic acids is 1. The normalized spacial score (nSPS) is 11.9. The molecule has 0 saturated carbocycles. The number of halogens is 1. The first kappa shape index (κ1) is 11.0. The molecule has 0 aliphatic carbocycles. The quantitative estimate of drug-likeness (QED) is 0.843. The van der Waals surface area contributed by atoms with Crippen molar-refractivity contribution in [2.24, 2.45) is 0 Å². The van der Waals surface area contributed by atoms with Crippen LogP contribution in [0.3, 0.4) is 0 Å². The topological polar surface area (TPSA) is 53.1 Å². The lowest BCUT2D eigenvalue weighted by Crippen LogP contribution is -2.28. The standard InChI is InChI=1S/C12H12ClNO2/c1-12(2,11(15)16)10-6-7-5-8(13)3-4-9(7)14-10/h3-6,14H,1-2H3,(H,15,16). The molecule has 2 aromatic rings. The highest BCUT2D eigenvalue weighted by molar-refractivity contribution is 6.31. The van der Waals surface area contributed by atoms with Gasteiger partial charge in [-0.1, -0.05) is 11.6 Å². The smallest absolute Gasteiger partial charge is 0.315 e. The van der Waals surface area contributed by atoms with E-state index < -0.39 is 11.4 Å². The molecular formula is C12H12ClNO2. The second-order valence-corrected chi connectivity index (χ2v) is 4.78. The molecular weight excluding hydrogens is 226 g/mol. The minimum atomic E-state index is -0.925. The molecule has 0 saturated heterocycles. The molecule has 0 amide bonds. The molecule has 0 aliphatic rings. The number of aromatic amines is 1. The van der Waals surface area contributed by atoms with E-state index in [0.717, 1.165) is 10.9 Å². The first-order chi connectivity index (χ1) is 7.41. The van der Waals surface area contributed by atoms with Crippen LogP contribution < -0.4 is 0 Å². The molecule has 2 rings (SSSR count). The predicted octanol–water partition coefficient (Wildman–Crippen LogP) is 3.18. The van der Waals surface area contributed by atoms with E-state index >= 15 is 0 Å². The summed E-state index contributed by atoms with van der Waals surface area (Å²) in [6.07, 6.45) is 0. The van der Waals surface area contributed by atoms with Crippen LogP contribution in [0.5, 0.6) is 0 Å². The molecule has 0 bridgehead atoms. The van der Waals surface area contributed by atoms with Crippen molar-refractivity contribution in [1.82, 2.24) is 4.98 Å². The summed E-state index contributed by atoms with van der Waals surface area (Å²) < 4.78 is 0. The fourth-order valence-electron chi connectivity index (χ4n) is 1.56. The SMILES string of the molecule is CC(C)(C(=O)O)c1cc2cc(Cl)ccc2[nH]1. The molecule has 4 heteroatoms. The number of carboxylic acid groups (broad SMARTS) is 1. The van der Waals surface area contributed by atoms with Gasteiger partial charge in [-0.3, -0.25) is 4.79 Å². The number of hydrogen-bond donors (Lipinski definition) is 2. The van der Waals surface area contributed by atoms with Crippen molar-refractivity contribution >= 4 is 28.5 Å². The van der Waals surface area contributed by atoms with Crippen LogP contribution in [0.4, 0.5) is 0 Å². The van der Waals surface area contributed by atoms with Crippen molar-refractivity contribution < 1.29 is 9.90 Å². The van der Waals surface area contributed by atoms with Gasteiger partial charge < -0.3 is 10.1 Å². The lowest BCUT2D eigenvalue weighted by atomic mass is 9.90. The third-order valence-electron chi connectivity index (χ3n) is 2.79. The molecule has 16 heavy (non-hydrogen) atoms. The zero-order valence-corrected chi connectivity index (χ0v) is 9.80. The molecule has 0 fully saturated rings. The summed E-state index contributed by atoms with van der Waals surface area (Å²) in [5.74, 6) is -0.856. The van der Waals surface area contributed by atoms with Crippen LogP contribution in [-0.2, 0) is 10.2 Å². The number of aromatic nitrogens is 1. The fourth-order valence-corrected chi connectivity index (χ4v) is 1.74. The van der Waals surface area contributed by atoms with Crippen molar-refractivity contribution in [2.75, 3.05) is 0 Å². The van der Waals surface area contributed by atoms with Crippen LogP contribution in [0.2, 0.25) is 5.02 Å². The van der Waals surface area contributed by atoms with Crippen molar-refractivity contribution in [1.29, 1.82) is 0 Å². The number of H-pyrrole nitrogens is 1. The molecule has 0 radical (unpaired) electrons.